The quantitative estimate of drug-likeness (QED) is 0.396. The molecule has 6 nitrogen and oxygen atoms in total. The van der Waals surface area contributed by atoms with Crippen LogP contribution in [0.2, 0.25) is 0 Å². The maximum atomic E-state index is 13.9. The molecule has 0 fully saturated rings. The van der Waals surface area contributed by atoms with E-state index in [1.54, 1.807) is 0 Å². The number of fused-ring (bicyclic) bond motifs is 2. The average molecular weight is 465 g/mol. The van der Waals surface area contributed by atoms with E-state index in [9.17, 15) is 14.0 Å². The molecule has 8 heteroatoms. The fourth-order valence-electron chi connectivity index (χ4n) is 4.05. The maximum absolute atomic E-state index is 13.9. The molecule has 33 heavy (non-hydrogen) atoms. The first-order chi connectivity index (χ1) is 15.7. The predicted octanol–water partition coefficient (Wildman–Crippen LogP) is 5.54. The van der Waals surface area contributed by atoms with Crippen molar-refractivity contribution in [3.05, 3.63) is 86.0 Å². The lowest BCUT2D eigenvalue weighted by Gasteiger charge is -2.23. The molecule has 0 radical (unpaired) electrons. The molecule has 2 aromatic carbocycles. The van der Waals surface area contributed by atoms with Gasteiger partial charge in [-0.05, 0) is 63.6 Å². The minimum Gasteiger partial charge on any atom is -0.491 e. The van der Waals surface area contributed by atoms with Gasteiger partial charge >= 0.3 is 0 Å². The first kappa shape index (κ1) is 21.3. The Kier molecular flexibility index (Phi) is 5.05. The fraction of sp³-hybridized carbons (Fsp3) is 0.240. The summed E-state index contributed by atoms with van der Waals surface area (Å²) in [6.45, 7) is 7.64. The Bertz CT molecular complexity index is 1450. The van der Waals surface area contributed by atoms with Crippen LogP contribution in [0.3, 0.4) is 0 Å². The topological polar surface area (TPSA) is 72.6 Å². The number of halogens is 1. The highest BCUT2D eigenvalue weighted by Gasteiger charge is 2.45. The van der Waals surface area contributed by atoms with Crippen molar-refractivity contribution in [1.82, 2.24) is 4.98 Å². The molecule has 1 amide bonds. The molecule has 2 aromatic heterocycles. The van der Waals surface area contributed by atoms with Gasteiger partial charge in [0.15, 0.2) is 10.6 Å². The highest BCUT2D eigenvalue weighted by Crippen LogP contribution is 2.43. The summed E-state index contributed by atoms with van der Waals surface area (Å²) in [5, 5.41) is 0.561. The van der Waals surface area contributed by atoms with Crippen molar-refractivity contribution in [2.75, 3.05) is 4.90 Å². The number of aryl methyl sites for hydroxylation is 2. The van der Waals surface area contributed by atoms with Gasteiger partial charge in [-0.3, -0.25) is 14.5 Å². The van der Waals surface area contributed by atoms with Crippen LogP contribution in [0.4, 0.5) is 9.52 Å². The maximum Gasteiger partial charge on any atom is 0.297 e. The number of nitrogens with zero attached hydrogens (tertiary/aromatic N) is 2. The zero-order valence-corrected chi connectivity index (χ0v) is 19.3. The summed E-state index contributed by atoms with van der Waals surface area (Å²) in [6, 6.07) is 10.2. The van der Waals surface area contributed by atoms with E-state index in [1.807, 2.05) is 52.0 Å². The van der Waals surface area contributed by atoms with Crippen molar-refractivity contribution in [2.24, 2.45) is 0 Å². The third-order valence-corrected chi connectivity index (χ3v) is 6.67. The Morgan fingerprint density at radius 3 is 2.64 bits per heavy atom. The average Bonchev–Trinajstić information content (AvgIpc) is 3.24. The molecule has 0 aliphatic carbocycles. The number of benzene rings is 2. The van der Waals surface area contributed by atoms with Crippen LogP contribution >= 0.6 is 11.3 Å². The van der Waals surface area contributed by atoms with E-state index in [0.29, 0.717) is 16.4 Å². The molecular weight excluding hydrogens is 443 g/mol. The number of hydrogen-bond acceptors (Lipinski definition) is 6. The van der Waals surface area contributed by atoms with Crippen molar-refractivity contribution >= 4 is 33.3 Å². The Hall–Kier alpha value is -3.52. The van der Waals surface area contributed by atoms with Gasteiger partial charge in [-0.2, -0.15) is 0 Å². The van der Waals surface area contributed by atoms with E-state index < -0.39 is 23.2 Å². The fourth-order valence-corrected chi connectivity index (χ4v) is 4.98. The first-order valence-corrected chi connectivity index (χ1v) is 11.4. The van der Waals surface area contributed by atoms with Gasteiger partial charge in [0.2, 0.25) is 5.76 Å². The number of thiazole rings is 1. The molecule has 1 atom stereocenters. The second kappa shape index (κ2) is 7.81. The second-order valence-corrected chi connectivity index (χ2v) is 9.45. The summed E-state index contributed by atoms with van der Waals surface area (Å²) in [7, 11) is 0. The number of hydrogen-bond donors (Lipinski definition) is 0. The van der Waals surface area contributed by atoms with E-state index >= 15 is 0 Å². The second-order valence-electron chi connectivity index (χ2n) is 8.27. The lowest BCUT2D eigenvalue weighted by molar-refractivity contribution is 0.0971. The van der Waals surface area contributed by atoms with Crippen molar-refractivity contribution in [3.63, 3.8) is 0 Å². The largest absolute Gasteiger partial charge is 0.491 e. The number of aromatic nitrogens is 1. The van der Waals surface area contributed by atoms with E-state index in [0.717, 1.165) is 16.6 Å². The molecule has 1 unspecified atom stereocenters. The Morgan fingerprint density at radius 2 is 1.94 bits per heavy atom. The van der Waals surface area contributed by atoms with Gasteiger partial charge in [0, 0.05) is 4.88 Å². The third kappa shape index (κ3) is 3.51. The molecule has 0 spiro atoms. The van der Waals surface area contributed by atoms with Gasteiger partial charge in [-0.15, -0.1) is 11.3 Å². The van der Waals surface area contributed by atoms with Gasteiger partial charge in [-0.25, -0.2) is 9.37 Å². The van der Waals surface area contributed by atoms with Gasteiger partial charge in [0.1, 0.15) is 17.1 Å². The van der Waals surface area contributed by atoms with Crippen molar-refractivity contribution in [3.8, 4) is 5.75 Å². The number of anilines is 1. The smallest absolute Gasteiger partial charge is 0.297 e. The number of amides is 1. The zero-order valence-electron chi connectivity index (χ0n) is 18.5. The molecule has 1 aliphatic rings. The minimum absolute atomic E-state index is 0.0462. The molecule has 0 bridgehead atoms. The Balaban J connectivity index is 1.78. The van der Waals surface area contributed by atoms with Crippen LogP contribution < -0.4 is 15.1 Å². The number of carbonyl (C=O) groups excluding carboxylic acids is 1. The highest BCUT2D eigenvalue weighted by atomic mass is 32.1. The zero-order chi connectivity index (χ0) is 23.4. The van der Waals surface area contributed by atoms with Crippen LogP contribution in [0.1, 0.15) is 52.1 Å². The van der Waals surface area contributed by atoms with Gasteiger partial charge in [-0.1, -0.05) is 12.1 Å². The molecule has 0 saturated heterocycles. The van der Waals surface area contributed by atoms with Crippen LogP contribution in [0.5, 0.6) is 5.75 Å². The van der Waals surface area contributed by atoms with E-state index in [4.69, 9.17) is 9.15 Å². The SMILES string of the molecule is Cc1nc(N2C(=O)c3oc4ccc(F)cc4c(=O)c3C2c2cccc(OC(C)C)c2)sc1C. The lowest BCUT2D eigenvalue weighted by Crippen LogP contribution is -2.29. The monoisotopic (exact) mass is 464 g/mol. The summed E-state index contributed by atoms with van der Waals surface area (Å²) in [5.41, 5.74) is 1.38. The van der Waals surface area contributed by atoms with Crippen LogP contribution in [-0.2, 0) is 0 Å². The standard InChI is InChI=1S/C25H21FN2O4S/c1-12(2)31-17-7-5-6-15(10-17)21-20-22(29)18-11-16(26)8-9-19(18)32-23(20)24(30)28(21)25-27-13(3)14(4)33-25/h5-12,21H,1-4H3. The molecule has 4 aromatic rings. The van der Waals surface area contributed by atoms with E-state index in [1.165, 1.54) is 28.4 Å². The molecule has 0 saturated carbocycles. The first-order valence-electron chi connectivity index (χ1n) is 10.5. The molecular formula is C25H21FN2O4S. The number of rotatable bonds is 4. The Labute approximate surface area is 193 Å². The van der Waals surface area contributed by atoms with E-state index in [2.05, 4.69) is 4.98 Å². The number of carbonyl (C=O) groups is 1. The Morgan fingerprint density at radius 1 is 1.15 bits per heavy atom. The minimum atomic E-state index is -0.780. The lowest BCUT2D eigenvalue weighted by atomic mass is 9.98. The normalized spacial score (nSPS) is 15.5. The van der Waals surface area contributed by atoms with Crippen molar-refractivity contribution < 1.29 is 18.3 Å². The molecule has 0 N–H and O–H groups in total. The van der Waals surface area contributed by atoms with Crippen LogP contribution in [0, 0.1) is 19.7 Å². The van der Waals surface area contributed by atoms with Crippen molar-refractivity contribution in [2.45, 2.75) is 39.8 Å². The van der Waals surface area contributed by atoms with Gasteiger partial charge in [0.05, 0.1) is 28.8 Å². The van der Waals surface area contributed by atoms with Crippen LogP contribution in [0.15, 0.2) is 51.7 Å². The summed E-state index contributed by atoms with van der Waals surface area (Å²) in [6.07, 6.45) is -0.0462. The highest BCUT2D eigenvalue weighted by molar-refractivity contribution is 7.15. The predicted molar refractivity (Wildman–Crippen MR) is 125 cm³/mol. The number of ether oxygens (including phenoxy) is 1. The summed E-state index contributed by atoms with van der Waals surface area (Å²) < 4.78 is 25.7. The van der Waals surface area contributed by atoms with Gasteiger partial charge in [0.25, 0.3) is 5.91 Å². The van der Waals surface area contributed by atoms with Crippen molar-refractivity contribution in [1.29, 1.82) is 0 Å². The van der Waals surface area contributed by atoms with Crippen LogP contribution in [-0.4, -0.2) is 17.0 Å². The van der Waals surface area contributed by atoms with E-state index in [-0.39, 0.29) is 28.4 Å². The van der Waals surface area contributed by atoms with Crippen LogP contribution in [0.25, 0.3) is 11.0 Å². The summed E-state index contributed by atoms with van der Waals surface area (Å²) in [5.74, 6) is -0.441. The molecule has 1 aliphatic heterocycles. The molecule has 5 rings (SSSR count). The third-order valence-electron chi connectivity index (χ3n) is 5.60. The molecule has 168 valence electrons. The summed E-state index contributed by atoms with van der Waals surface area (Å²) >= 11 is 1.37. The summed E-state index contributed by atoms with van der Waals surface area (Å²) in [4.78, 5) is 34.2. The van der Waals surface area contributed by atoms with Gasteiger partial charge < -0.3 is 9.15 Å². The molecule has 3 heterocycles.